The number of nitrogens with zero attached hydrogens (tertiary/aromatic N) is 2. The number of carbonyl (C=O) groups excluding carboxylic acids is 2. The summed E-state index contributed by atoms with van der Waals surface area (Å²) in [5, 5.41) is 0. The first kappa shape index (κ1) is 24.3. The molecule has 0 saturated carbocycles. The molecule has 0 bridgehead atoms. The van der Waals surface area contributed by atoms with E-state index in [0.717, 1.165) is 19.3 Å². The monoisotopic (exact) mass is 438 g/mol. The Labute approximate surface area is 180 Å². The van der Waals surface area contributed by atoms with E-state index in [9.17, 15) is 18.0 Å². The van der Waals surface area contributed by atoms with Crippen LogP contribution in [-0.4, -0.2) is 61.8 Å². The van der Waals surface area contributed by atoms with Crippen LogP contribution in [0.3, 0.4) is 0 Å². The van der Waals surface area contributed by atoms with Gasteiger partial charge in [-0.05, 0) is 64.7 Å². The second-order valence-corrected chi connectivity index (χ2v) is 10.8. The van der Waals surface area contributed by atoms with Crippen LogP contribution in [-0.2, 0) is 19.6 Å². The second kappa shape index (κ2) is 9.92. The average Bonchev–Trinajstić information content (AvgIpc) is 2.66. The maximum atomic E-state index is 13.1. The number of benzene rings is 1. The summed E-state index contributed by atoms with van der Waals surface area (Å²) >= 11 is 0. The van der Waals surface area contributed by atoms with E-state index in [2.05, 4.69) is 0 Å². The van der Waals surface area contributed by atoms with Gasteiger partial charge in [0.05, 0.1) is 4.90 Å². The molecule has 1 saturated heterocycles. The van der Waals surface area contributed by atoms with E-state index < -0.39 is 15.6 Å². The molecule has 1 fully saturated rings. The van der Waals surface area contributed by atoms with Crippen molar-refractivity contribution >= 4 is 21.9 Å². The fourth-order valence-electron chi connectivity index (χ4n) is 3.43. The minimum atomic E-state index is -3.62. The van der Waals surface area contributed by atoms with E-state index in [4.69, 9.17) is 4.74 Å². The van der Waals surface area contributed by atoms with Crippen LogP contribution in [0, 0.1) is 6.92 Å². The minimum absolute atomic E-state index is 0.192. The number of hydrogen-bond donors (Lipinski definition) is 0. The van der Waals surface area contributed by atoms with E-state index in [-0.39, 0.29) is 23.2 Å². The maximum Gasteiger partial charge on any atom is 0.306 e. The molecule has 8 heteroatoms. The lowest BCUT2D eigenvalue weighted by Crippen LogP contribution is -2.36. The molecular weight excluding hydrogens is 404 g/mol. The highest BCUT2D eigenvalue weighted by molar-refractivity contribution is 7.89. The van der Waals surface area contributed by atoms with Gasteiger partial charge in [-0.2, -0.15) is 4.31 Å². The molecule has 30 heavy (non-hydrogen) atoms. The van der Waals surface area contributed by atoms with Crippen molar-refractivity contribution in [2.75, 3.05) is 26.7 Å². The van der Waals surface area contributed by atoms with Gasteiger partial charge in [0.25, 0.3) is 5.91 Å². The van der Waals surface area contributed by atoms with Crippen LogP contribution < -0.4 is 0 Å². The van der Waals surface area contributed by atoms with Gasteiger partial charge in [-0.1, -0.05) is 12.5 Å². The Morgan fingerprint density at radius 1 is 1.13 bits per heavy atom. The topological polar surface area (TPSA) is 84.0 Å². The number of esters is 1. The zero-order valence-electron chi connectivity index (χ0n) is 18.7. The van der Waals surface area contributed by atoms with Gasteiger partial charge >= 0.3 is 5.97 Å². The highest BCUT2D eigenvalue weighted by Gasteiger charge is 2.28. The number of rotatable bonds is 7. The molecule has 7 nitrogen and oxygen atoms in total. The Bertz CT molecular complexity index is 868. The lowest BCUT2D eigenvalue weighted by Gasteiger charge is -2.27. The molecule has 1 aliphatic heterocycles. The molecule has 1 aromatic carbocycles. The molecule has 1 aliphatic rings. The van der Waals surface area contributed by atoms with Crippen LogP contribution in [0.15, 0.2) is 23.1 Å². The minimum Gasteiger partial charge on any atom is -0.460 e. The molecule has 0 aromatic heterocycles. The zero-order chi connectivity index (χ0) is 22.5. The lowest BCUT2D eigenvalue weighted by molar-refractivity contribution is -0.154. The highest BCUT2D eigenvalue weighted by Crippen LogP contribution is 2.25. The van der Waals surface area contributed by atoms with Gasteiger partial charge in [0.2, 0.25) is 10.0 Å². The molecule has 0 atom stereocenters. The van der Waals surface area contributed by atoms with Crippen molar-refractivity contribution in [1.82, 2.24) is 9.21 Å². The smallest absolute Gasteiger partial charge is 0.306 e. The first-order valence-electron chi connectivity index (χ1n) is 10.5. The molecule has 0 aliphatic carbocycles. The summed E-state index contributed by atoms with van der Waals surface area (Å²) in [5.41, 5.74) is 0.428. The Morgan fingerprint density at radius 2 is 1.77 bits per heavy atom. The van der Waals surface area contributed by atoms with Crippen LogP contribution in [0.4, 0.5) is 0 Å². The van der Waals surface area contributed by atoms with Crippen molar-refractivity contribution < 1.29 is 22.7 Å². The number of hydrogen-bond acceptors (Lipinski definition) is 5. The van der Waals surface area contributed by atoms with Crippen LogP contribution in [0.25, 0.3) is 0 Å². The van der Waals surface area contributed by atoms with Gasteiger partial charge in [-0.3, -0.25) is 9.59 Å². The summed E-state index contributed by atoms with van der Waals surface area (Å²) < 4.78 is 32.9. The lowest BCUT2D eigenvalue weighted by atomic mass is 10.1. The van der Waals surface area contributed by atoms with E-state index in [1.807, 2.05) is 20.8 Å². The summed E-state index contributed by atoms with van der Waals surface area (Å²) in [4.78, 5) is 26.3. The predicted molar refractivity (Wildman–Crippen MR) is 116 cm³/mol. The molecule has 168 valence electrons. The molecule has 0 unspecified atom stereocenters. The normalized spacial score (nSPS) is 15.6. The molecule has 0 radical (unpaired) electrons. The first-order valence-corrected chi connectivity index (χ1v) is 11.9. The van der Waals surface area contributed by atoms with Gasteiger partial charge in [0.15, 0.2) is 0 Å². The van der Waals surface area contributed by atoms with Crippen molar-refractivity contribution in [2.24, 2.45) is 0 Å². The van der Waals surface area contributed by atoms with E-state index in [1.54, 1.807) is 26.1 Å². The summed E-state index contributed by atoms with van der Waals surface area (Å²) in [7, 11) is -1.97. The number of amides is 1. The first-order chi connectivity index (χ1) is 13.9. The molecular formula is C22H34N2O5S. The number of sulfonamides is 1. The SMILES string of the molecule is Cc1ccc(C(=O)N(C)CCCC(=O)OC(C)(C)C)cc1S(=O)(=O)N1CCCCC1. The molecule has 2 rings (SSSR count). The number of piperidine rings is 1. The van der Waals surface area contributed by atoms with Gasteiger partial charge in [-0.25, -0.2) is 8.42 Å². The van der Waals surface area contributed by atoms with Crippen LogP contribution in [0.5, 0.6) is 0 Å². The quantitative estimate of drug-likeness (QED) is 0.610. The van der Waals surface area contributed by atoms with Crippen molar-refractivity contribution in [1.29, 1.82) is 0 Å². The summed E-state index contributed by atoms with van der Waals surface area (Å²) in [6, 6.07) is 4.81. The maximum absolute atomic E-state index is 13.1. The Kier molecular flexibility index (Phi) is 8.05. The number of ether oxygens (including phenoxy) is 1. The van der Waals surface area contributed by atoms with Gasteiger partial charge < -0.3 is 9.64 Å². The fraction of sp³-hybridized carbons (Fsp3) is 0.636. The second-order valence-electron chi connectivity index (χ2n) is 8.86. The molecule has 0 spiro atoms. The number of aryl methyl sites for hydroxylation is 1. The predicted octanol–water partition coefficient (Wildman–Crippen LogP) is 3.36. The van der Waals surface area contributed by atoms with Crippen molar-refractivity contribution in [3.8, 4) is 0 Å². The zero-order valence-corrected chi connectivity index (χ0v) is 19.5. The van der Waals surface area contributed by atoms with E-state index in [1.165, 1.54) is 15.3 Å². The molecule has 1 amide bonds. The third-order valence-electron chi connectivity index (χ3n) is 5.01. The van der Waals surface area contributed by atoms with Gasteiger partial charge in [0, 0.05) is 38.7 Å². The Hall–Kier alpha value is -1.93. The summed E-state index contributed by atoms with van der Waals surface area (Å²) in [6.07, 6.45) is 3.45. The van der Waals surface area contributed by atoms with Crippen LogP contribution in [0.2, 0.25) is 0 Å². The summed E-state index contributed by atoms with van der Waals surface area (Å²) in [6.45, 7) is 8.60. The Morgan fingerprint density at radius 3 is 2.37 bits per heavy atom. The van der Waals surface area contributed by atoms with E-state index >= 15 is 0 Å². The molecule has 1 heterocycles. The van der Waals surface area contributed by atoms with E-state index in [0.29, 0.717) is 37.2 Å². The number of carbonyl (C=O) groups is 2. The van der Waals surface area contributed by atoms with Crippen molar-refractivity contribution in [3.63, 3.8) is 0 Å². The van der Waals surface area contributed by atoms with Crippen molar-refractivity contribution in [2.45, 2.75) is 70.3 Å². The highest BCUT2D eigenvalue weighted by atomic mass is 32.2. The average molecular weight is 439 g/mol. The Balaban J connectivity index is 2.05. The fourth-order valence-corrected chi connectivity index (χ4v) is 5.20. The third-order valence-corrected chi connectivity index (χ3v) is 7.05. The van der Waals surface area contributed by atoms with Crippen LogP contribution in [0.1, 0.15) is 68.8 Å². The standard InChI is InChI=1S/C22H34N2O5S/c1-17-11-12-18(16-19(17)30(27,28)24-14-7-6-8-15-24)21(26)23(5)13-9-10-20(25)29-22(2,3)4/h11-12,16H,6-10,13-15H2,1-5H3. The van der Waals surface area contributed by atoms with Gasteiger partial charge in [-0.15, -0.1) is 0 Å². The largest absolute Gasteiger partial charge is 0.460 e. The summed E-state index contributed by atoms with van der Waals surface area (Å²) in [5.74, 6) is -0.567. The van der Waals surface area contributed by atoms with Crippen LogP contribution >= 0.6 is 0 Å². The third kappa shape index (κ3) is 6.54. The van der Waals surface area contributed by atoms with Crippen molar-refractivity contribution in [3.05, 3.63) is 29.3 Å². The van der Waals surface area contributed by atoms with Gasteiger partial charge in [0.1, 0.15) is 5.60 Å². The molecule has 1 aromatic rings. The molecule has 0 N–H and O–H groups in total.